The van der Waals surface area contributed by atoms with Crippen LogP contribution in [0.25, 0.3) is 6.08 Å². The van der Waals surface area contributed by atoms with Crippen molar-refractivity contribution in [2.24, 2.45) is 4.99 Å². The van der Waals surface area contributed by atoms with Crippen LogP contribution in [0.5, 0.6) is 11.5 Å². The molecule has 3 aromatic rings. The molecule has 0 fully saturated rings. The Hall–Kier alpha value is -3.85. The molecule has 8 nitrogen and oxygen atoms in total. The molecule has 0 saturated heterocycles. The number of nitrogens with zero attached hydrogens (tertiary/aromatic N) is 3. The Labute approximate surface area is 238 Å². The van der Waals surface area contributed by atoms with E-state index >= 15 is 0 Å². The van der Waals surface area contributed by atoms with E-state index in [0.717, 1.165) is 29.9 Å². The molecule has 40 heavy (non-hydrogen) atoms. The molecule has 0 spiro atoms. The molecule has 0 aliphatic carbocycles. The van der Waals surface area contributed by atoms with E-state index in [4.69, 9.17) is 14.2 Å². The summed E-state index contributed by atoms with van der Waals surface area (Å²) in [7, 11) is 1.63. The summed E-state index contributed by atoms with van der Waals surface area (Å²) in [5, 5.41) is 0. The second kappa shape index (κ2) is 12.6. The van der Waals surface area contributed by atoms with Crippen LogP contribution in [-0.2, 0) is 9.53 Å². The highest BCUT2D eigenvalue weighted by Gasteiger charge is 2.33. The van der Waals surface area contributed by atoms with Crippen molar-refractivity contribution in [2.75, 3.05) is 31.7 Å². The number of carbonyl (C=O) groups excluding carboxylic acids is 1. The van der Waals surface area contributed by atoms with Crippen molar-refractivity contribution in [3.8, 4) is 11.5 Å². The Balaban J connectivity index is 1.87. The lowest BCUT2D eigenvalue weighted by Gasteiger charge is -2.25. The van der Waals surface area contributed by atoms with Crippen LogP contribution in [0.2, 0.25) is 0 Å². The van der Waals surface area contributed by atoms with Crippen LogP contribution in [-0.4, -0.2) is 43.4 Å². The summed E-state index contributed by atoms with van der Waals surface area (Å²) in [5.41, 5.74) is 3.25. The summed E-state index contributed by atoms with van der Waals surface area (Å²) < 4.78 is 19.0. The van der Waals surface area contributed by atoms with Crippen LogP contribution >= 0.6 is 11.3 Å². The Morgan fingerprint density at radius 1 is 1.12 bits per heavy atom. The molecule has 2 aromatic carbocycles. The topological polar surface area (TPSA) is 82.4 Å². The minimum absolute atomic E-state index is 0.0267. The molecule has 0 saturated carbocycles. The fourth-order valence-corrected chi connectivity index (χ4v) is 5.89. The first-order valence-electron chi connectivity index (χ1n) is 13.6. The molecule has 0 bridgehead atoms. The first-order valence-corrected chi connectivity index (χ1v) is 14.4. The van der Waals surface area contributed by atoms with E-state index in [2.05, 4.69) is 23.7 Å². The van der Waals surface area contributed by atoms with E-state index in [-0.39, 0.29) is 18.3 Å². The van der Waals surface area contributed by atoms with Gasteiger partial charge in [0.05, 0.1) is 41.7 Å². The predicted molar refractivity (Wildman–Crippen MR) is 159 cm³/mol. The zero-order valence-corrected chi connectivity index (χ0v) is 25.0. The van der Waals surface area contributed by atoms with Crippen molar-refractivity contribution in [2.45, 2.75) is 53.7 Å². The summed E-state index contributed by atoms with van der Waals surface area (Å²) in [5.74, 6) is 0.903. The highest BCUT2D eigenvalue weighted by atomic mass is 32.1. The van der Waals surface area contributed by atoms with Crippen LogP contribution in [0.1, 0.15) is 58.7 Å². The van der Waals surface area contributed by atoms with E-state index in [0.29, 0.717) is 32.1 Å². The van der Waals surface area contributed by atoms with Crippen LogP contribution in [0, 0.1) is 0 Å². The number of hydrogen-bond acceptors (Lipinski definition) is 8. The van der Waals surface area contributed by atoms with Crippen molar-refractivity contribution in [3.63, 3.8) is 0 Å². The number of thiazole rings is 1. The van der Waals surface area contributed by atoms with E-state index in [1.807, 2.05) is 62.4 Å². The minimum atomic E-state index is -0.683. The molecule has 0 radical (unpaired) electrons. The zero-order chi connectivity index (χ0) is 29.0. The second-order valence-electron chi connectivity index (χ2n) is 9.64. The van der Waals surface area contributed by atoms with Gasteiger partial charge in [-0.15, -0.1) is 0 Å². The highest BCUT2D eigenvalue weighted by Crippen LogP contribution is 2.32. The van der Waals surface area contributed by atoms with Gasteiger partial charge in [0.25, 0.3) is 5.56 Å². The molecule has 1 aliphatic rings. The number of hydrogen-bond donors (Lipinski definition) is 0. The van der Waals surface area contributed by atoms with Gasteiger partial charge in [0.1, 0.15) is 11.5 Å². The first kappa shape index (κ1) is 29.1. The summed E-state index contributed by atoms with van der Waals surface area (Å²) in [6, 6.07) is 12.8. The lowest BCUT2D eigenvalue weighted by molar-refractivity contribution is -0.139. The third kappa shape index (κ3) is 5.84. The number of allylic oxidation sites excluding steroid dienone is 1. The molecular formula is C31H37N3O5S. The van der Waals surface area contributed by atoms with Gasteiger partial charge in [-0.2, -0.15) is 0 Å². The number of anilines is 1. The average Bonchev–Trinajstić information content (AvgIpc) is 3.23. The van der Waals surface area contributed by atoms with Crippen LogP contribution in [0.3, 0.4) is 0 Å². The van der Waals surface area contributed by atoms with Crippen molar-refractivity contribution in [3.05, 3.63) is 84.5 Å². The highest BCUT2D eigenvalue weighted by molar-refractivity contribution is 7.07. The smallest absolute Gasteiger partial charge is 0.338 e. The minimum Gasteiger partial charge on any atom is -0.496 e. The molecule has 0 N–H and O–H groups in total. The number of esters is 1. The normalized spacial score (nSPS) is 15.1. The maximum Gasteiger partial charge on any atom is 0.338 e. The molecule has 1 atom stereocenters. The zero-order valence-electron chi connectivity index (χ0n) is 24.2. The van der Waals surface area contributed by atoms with E-state index in [1.165, 1.54) is 11.3 Å². The van der Waals surface area contributed by atoms with E-state index < -0.39 is 12.0 Å². The van der Waals surface area contributed by atoms with Gasteiger partial charge in [0.15, 0.2) is 4.80 Å². The van der Waals surface area contributed by atoms with Gasteiger partial charge in [-0.3, -0.25) is 9.36 Å². The van der Waals surface area contributed by atoms with Gasteiger partial charge in [-0.1, -0.05) is 23.5 Å². The molecule has 4 rings (SSSR count). The molecule has 0 amide bonds. The Morgan fingerprint density at radius 3 is 2.42 bits per heavy atom. The second-order valence-corrected chi connectivity index (χ2v) is 10.6. The molecule has 212 valence electrons. The molecule has 1 aliphatic heterocycles. The maximum absolute atomic E-state index is 13.9. The van der Waals surface area contributed by atoms with Gasteiger partial charge < -0.3 is 19.1 Å². The molecular weight excluding hydrogens is 526 g/mol. The fourth-order valence-electron chi connectivity index (χ4n) is 4.85. The van der Waals surface area contributed by atoms with Crippen molar-refractivity contribution in [1.82, 2.24) is 4.57 Å². The van der Waals surface area contributed by atoms with Gasteiger partial charge in [-0.25, -0.2) is 9.79 Å². The summed E-state index contributed by atoms with van der Waals surface area (Å²) in [6.07, 6.45) is 1.85. The van der Waals surface area contributed by atoms with E-state index in [1.54, 1.807) is 25.5 Å². The van der Waals surface area contributed by atoms with Crippen molar-refractivity contribution in [1.29, 1.82) is 0 Å². The number of ether oxygens (including phenoxy) is 3. The number of fused-ring (bicyclic) bond motifs is 1. The lowest BCUT2D eigenvalue weighted by atomic mass is 9.96. The Bertz CT molecular complexity index is 1580. The quantitative estimate of drug-likeness (QED) is 0.339. The molecule has 2 heterocycles. The monoisotopic (exact) mass is 563 g/mol. The predicted octanol–water partition coefficient (Wildman–Crippen LogP) is 4.44. The Kier molecular flexibility index (Phi) is 9.14. The molecule has 0 unspecified atom stereocenters. The van der Waals surface area contributed by atoms with Gasteiger partial charge >= 0.3 is 5.97 Å². The molecule has 1 aromatic heterocycles. The number of rotatable bonds is 10. The third-order valence-electron chi connectivity index (χ3n) is 6.72. The third-order valence-corrected chi connectivity index (χ3v) is 7.70. The van der Waals surface area contributed by atoms with Crippen LogP contribution < -0.4 is 29.3 Å². The summed E-state index contributed by atoms with van der Waals surface area (Å²) in [4.78, 5) is 34.5. The standard InChI is InChI=1S/C31H37N3O5S/c1-8-33(9-2)23-14-11-22(25(18-23)37-7)17-26-29(35)34-28(21-12-15-24(16-13-21)39-19(4)5)27(30(36)38-10-3)20(6)32-31(34)40-26/h11-19,28H,8-10H2,1-7H3/b26-17-/t28-/m0/s1. The average molecular weight is 564 g/mol. The SMILES string of the molecule is CCOC(=O)C1=C(C)N=c2s/c(=C\c3ccc(N(CC)CC)cc3OC)c(=O)n2[C@H]1c1ccc(OC(C)C)cc1. The van der Waals surface area contributed by atoms with Gasteiger partial charge in [0.2, 0.25) is 0 Å². The van der Waals surface area contributed by atoms with Gasteiger partial charge in [-0.05, 0) is 77.4 Å². The van der Waals surface area contributed by atoms with Crippen molar-refractivity contribution >= 4 is 29.1 Å². The first-order chi connectivity index (χ1) is 19.2. The van der Waals surface area contributed by atoms with Gasteiger partial charge in [0, 0.05) is 30.4 Å². The summed E-state index contributed by atoms with van der Waals surface area (Å²) in [6.45, 7) is 13.7. The lowest BCUT2D eigenvalue weighted by Crippen LogP contribution is -2.39. The van der Waals surface area contributed by atoms with Crippen molar-refractivity contribution < 1.29 is 19.0 Å². The Morgan fingerprint density at radius 2 is 1.82 bits per heavy atom. The summed E-state index contributed by atoms with van der Waals surface area (Å²) >= 11 is 1.29. The molecule has 9 heteroatoms. The number of benzene rings is 2. The number of carbonyl (C=O) groups is 1. The van der Waals surface area contributed by atoms with Crippen LogP contribution in [0.15, 0.2) is 63.5 Å². The number of aromatic nitrogens is 1. The largest absolute Gasteiger partial charge is 0.496 e. The fraction of sp³-hybridized carbons (Fsp3) is 0.387. The van der Waals surface area contributed by atoms with E-state index in [9.17, 15) is 9.59 Å². The van der Waals surface area contributed by atoms with Crippen LogP contribution in [0.4, 0.5) is 5.69 Å². The number of methoxy groups -OCH3 is 1. The maximum atomic E-state index is 13.9.